The Kier molecular flexibility index (Phi) is 9.96. The van der Waals surface area contributed by atoms with Crippen molar-refractivity contribution < 1.29 is 23.0 Å². The summed E-state index contributed by atoms with van der Waals surface area (Å²) in [6.45, 7) is 0.0825. The van der Waals surface area contributed by atoms with E-state index in [9.17, 15) is 13.6 Å². The number of hydrogen-bond acceptors (Lipinski definition) is 4. The minimum absolute atomic E-state index is 0. The molecule has 0 heterocycles. The number of nitrogens with two attached hydrogens (primary N) is 1. The zero-order chi connectivity index (χ0) is 19.9. The maximum Gasteiger partial charge on any atom is 0.387 e. The molecule has 0 atom stereocenters. The van der Waals surface area contributed by atoms with E-state index in [1.54, 1.807) is 31.0 Å². The van der Waals surface area contributed by atoms with Crippen molar-refractivity contribution in [3.05, 3.63) is 23.8 Å². The van der Waals surface area contributed by atoms with Gasteiger partial charge in [-0.05, 0) is 49.4 Å². The molecule has 1 aromatic rings. The van der Waals surface area contributed by atoms with Crippen LogP contribution >= 0.6 is 12.4 Å². The van der Waals surface area contributed by atoms with Gasteiger partial charge >= 0.3 is 6.61 Å². The highest BCUT2D eigenvalue weighted by molar-refractivity contribution is 5.85. The van der Waals surface area contributed by atoms with E-state index in [4.69, 9.17) is 10.5 Å². The number of alkyl halides is 2. The Bertz CT molecular complexity index is 625. The van der Waals surface area contributed by atoms with Crippen molar-refractivity contribution in [2.24, 2.45) is 11.1 Å². The second-order valence-electron chi connectivity index (χ2n) is 7.28. The van der Waals surface area contributed by atoms with E-state index in [-0.39, 0.29) is 35.2 Å². The lowest BCUT2D eigenvalue weighted by Crippen LogP contribution is -2.39. The number of hydrogen-bond donors (Lipinski definition) is 1. The molecule has 160 valence electrons. The lowest BCUT2D eigenvalue weighted by atomic mass is 9.71. The standard InChI is InChI=1S/C20H30F2N2O3.ClH/c1-3-26-17-11-15(7-8-16(17)27-19(21)22)13-24(2)18(25)12-20(14-23)9-5-4-6-10-20;/h7-8,11,19H,3-6,9-10,12-14,23H2,1-2H3;1H. The molecule has 0 bridgehead atoms. The fourth-order valence-corrected chi connectivity index (χ4v) is 3.69. The Morgan fingerprint density at radius 1 is 1.25 bits per heavy atom. The molecule has 1 fully saturated rings. The van der Waals surface area contributed by atoms with Crippen LogP contribution in [0.2, 0.25) is 0 Å². The molecular formula is C20H31ClF2N2O3. The average molecular weight is 421 g/mol. The molecule has 0 saturated heterocycles. The van der Waals surface area contributed by atoms with Crippen molar-refractivity contribution in [3.8, 4) is 11.5 Å². The summed E-state index contributed by atoms with van der Waals surface area (Å²) in [6.07, 6.45) is 5.90. The number of ether oxygens (including phenoxy) is 2. The summed E-state index contributed by atoms with van der Waals surface area (Å²) in [7, 11) is 1.75. The molecule has 0 radical (unpaired) electrons. The van der Waals surface area contributed by atoms with E-state index in [1.165, 1.54) is 12.5 Å². The van der Waals surface area contributed by atoms with Gasteiger partial charge in [-0.25, -0.2) is 0 Å². The van der Waals surface area contributed by atoms with Gasteiger partial charge in [0.15, 0.2) is 11.5 Å². The van der Waals surface area contributed by atoms with E-state index in [0.717, 1.165) is 31.2 Å². The van der Waals surface area contributed by atoms with Crippen LogP contribution in [0.3, 0.4) is 0 Å². The van der Waals surface area contributed by atoms with Gasteiger partial charge in [0.05, 0.1) is 6.61 Å². The fraction of sp³-hybridized carbons (Fsp3) is 0.650. The molecule has 1 saturated carbocycles. The van der Waals surface area contributed by atoms with Crippen molar-refractivity contribution >= 4 is 18.3 Å². The fourth-order valence-electron chi connectivity index (χ4n) is 3.69. The van der Waals surface area contributed by atoms with Crippen LogP contribution in [0.1, 0.15) is 51.0 Å². The summed E-state index contributed by atoms with van der Waals surface area (Å²) in [5.41, 5.74) is 6.69. The molecule has 1 aromatic carbocycles. The summed E-state index contributed by atoms with van der Waals surface area (Å²) in [6, 6.07) is 4.76. The van der Waals surface area contributed by atoms with Gasteiger partial charge in [-0.2, -0.15) is 8.78 Å². The van der Waals surface area contributed by atoms with Crippen molar-refractivity contribution in [3.63, 3.8) is 0 Å². The van der Waals surface area contributed by atoms with Crippen LogP contribution in [0.15, 0.2) is 18.2 Å². The summed E-state index contributed by atoms with van der Waals surface area (Å²) >= 11 is 0. The van der Waals surface area contributed by atoms with E-state index in [1.807, 2.05) is 0 Å². The van der Waals surface area contributed by atoms with Crippen LogP contribution in [0, 0.1) is 5.41 Å². The van der Waals surface area contributed by atoms with Gasteiger partial charge in [-0.3, -0.25) is 4.79 Å². The quantitative estimate of drug-likeness (QED) is 0.644. The molecule has 1 aliphatic rings. The topological polar surface area (TPSA) is 64.8 Å². The predicted molar refractivity (Wildman–Crippen MR) is 107 cm³/mol. The number of rotatable bonds is 9. The summed E-state index contributed by atoms with van der Waals surface area (Å²) in [5.74, 6) is 0.295. The van der Waals surface area contributed by atoms with E-state index in [2.05, 4.69) is 4.74 Å². The van der Waals surface area contributed by atoms with Gasteiger partial charge in [0, 0.05) is 20.0 Å². The maximum absolute atomic E-state index is 12.7. The lowest BCUT2D eigenvalue weighted by Gasteiger charge is -2.36. The zero-order valence-corrected chi connectivity index (χ0v) is 17.4. The van der Waals surface area contributed by atoms with Gasteiger partial charge in [0.2, 0.25) is 5.91 Å². The minimum Gasteiger partial charge on any atom is -0.490 e. The first kappa shape index (κ1) is 24.4. The number of carbonyl (C=O) groups is 1. The SMILES string of the molecule is CCOc1cc(CN(C)C(=O)CC2(CN)CCCCC2)ccc1OC(F)F.Cl. The molecule has 28 heavy (non-hydrogen) atoms. The van der Waals surface area contributed by atoms with Crippen LogP contribution in [-0.2, 0) is 11.3 Å². The van der Waals surface area contributed by atoms with Crippen molar-refractivity contribution in [1.82, 2.24) is 4.90 Å². The Hall–Kier alpha value is -1.60. The van der Waals surface area contributed by atoms with Gasteiger partial charge in [-0.1, -0.05) is 25.3 Å². The number of halogens is 3. The van der Waals surface area contributed by atoms with Crippen molar-refractivity contribution in [2.45, 2.75) is 58.6 Å². The summed E-state index contributed by atoms with van der Waals surface area (Å²) in [4.78, 5) is 14.4. The lowest BCUT2D eigenvalue weighted by molar-refractivity contribution is -0.133. The Balaban J connectivity index is 0.00000392. The normalized spacial score (nSPS) is 15.6. The third kappa shape index (κ3) is 6.78. The van der Waals surface area contributed by atoms with E-state index in [0.29, 0.717) is 26.1 Å². The van der Waals surface area contributed by atoms with Crippen LogP contribution in [0.4, 0.5) is 8.78 Å². The van der Waals surface area contributed by atoms with Gasteiger partial charge < -0.3 is 20.1 Å². The van der Waals surface area contributed by atoms with Crippen LogP contribution in [0.25, 0.3) is 0 Å². The van der Waals surface area contributed by atoms with Crippen molar-refractivity contribution in [2.75, 3.05) is 20.2 Å². The highest BCUT2D eigenvalue weighted by Crippen LogP contribution is 2.39. The molecule has 5 nitrogen and oxygen atoms in total. The third-order valence-electron chi connectivity index (χ3n) is 5.24. The molecule has 0 aliphatic heterocycles. The summed E-state index contributed by atoms with van der Waals surface area (Å²) < 4.78 is 34.9. The first-order valence-corrected chi connectivity index (χ1v) is 9.53. The number of carbonyl (C=O) groups excluding carboxylic acids is 1. The molecule has 0 spiro atoms. The Labute approximate surface area is 172 Å². The average Bonchev–Trinajstić information content (AvgIpc) is 2.64. The second-order valence-corrected chi connectivity index (χ2v) is 7.28. The molecule has 2 rings (SSSR count). The van der Waals surface area contributed by atoms with Gasteiger partial charge in [-0.15, -0.1) is 12.4 Å². The molecule has 0 aromatic heterocycles. The second kappa shape index (κ2) is 11.4. The molecule has 8 heteroatoms. The largest absolute Gasteiger partial charge is 0.490 e. The first-order chi connectivity index (χ1) is 12.9. The van der Waals surface area contributed by atoms with Gasteiger partial charge in [0.1, 0.15) is 0 Å². The molecular weight excluding hydrogens is 390 g/mol. The zero-order valence-electron chi connectivity index (χ0n) is 16.6. The molecule has 1 aliphatic carbocycles. The minimum atomic E-state index is -2.91. The predicted octanol–water partition coefficient (Wildman–Crippen LogP) is 4.37. The first-order valence-electron chi connectivity index (χ1n) is 9.53. The summed E-state index contributed by atoms with van der Waals surface area (Å²) in [5, 5.41) is 0. The Morgan fingerprint density at radius 2 is 1.93 bits per heavy atom. The molecule has 2 N–H and O–H groups in total. The molecule has 1 amide bonds. The highest BCUT2D eigenvalue weighted by atomic mass is 35.5. The van der Waals surface area contributed by atoms with Crippen LogP contribution in [-0.4, -0.2) is 37.6 Å². The number of amides is 1. The number of benzene rings is 1. The maximum atomic E-state index is 12.7. The van der Waals surface area contributed by atoms with Crippen LogP contribution in [0.5, 0.6) is 11.5 Å². The van der Waals surface area contributed by atoms with Crippen LogP contribution < -0.4 is 15.2 Å². The van der Waals surface area contributed by atoms with Crippen molar-refractivity contribution in [1.29, 1.82) is 0 Å². The molecule has 0 unspecified atom stereocenters. The highest BCUT2D eigenvalue weighted by Gasteiger charge is 2.33. The van der Waals surface area contributed by atoms with E-state index >= 15 is 0 Å². The smallest absolute Gasteiger partial charge is 0.387 e. The Morgan fingerprint density at radius 3 is 2.50 bits per heavy atom. The van der Waals surface area contributed by atoms with E-state index < -0.39 is 6.61 Å². The van der Waals surface area contributed by atoms with Gasteiger partial charge in [0.25, 0.3) is 0 Å². The third-order valence-corrected chi connectivity index (χ3v) is 5.24. The monoisotopic (exact) mass is 420 g/mol. The number of nitrogens with zero attached hydrogens (tertiary/aromatic N) is 1.